The quantitative estimate of drug-likeness (QED) is 0.857. The summed E-state index contributed by atoms with van der Waals surface area (Å²) in [6, 6.07) is 13.4. The molecule has 0 aliphatic heterocycles. The second-order valence-electron chi connectivity index (χ2n) is 4.75. The van der Waals surface area contributed by atoms with Gasteiger partial charge < -0.3 is 5.32 Å². The maximum atomic E-state index is 13.2. The Balaban J connectivity index is 2.04. The van der Waals surface area contributed by atoms with Crippen molar-refractivity contribution in [3.05, 3.63) is 69.4 Å². The molecule has 3 heteroatoms. The van der Waals surface area contributed by atoms with Crippen molar-refractivity contribution < 1.29 is 4.39 Å². The number of rotatable bonds is 4. The summed E-state index contributed by atoms with van der Waals surface area (Å²) in [5, 5.41) is 3.41. The van der Waals surface area contributed by atoms with Gasteiger partial charge in [-0.15, -0.1) is 0 Å². The second kappa shape index (κ2) is 6.31. The molecular weight excluding hydrogens is 305 g/mol. The summed E-state index contributed by atoms with van der Waals surface area (Å²) < 4.78 is 14.1. The first-order chi connectivity index (χ1) is 9.06. The summed E-state index contributed by atoms with van der Waals surface area (Å²) in [7, 11) is 0. The molecule has 2 rings (SSSR count). The molecule has 0 heterocycles. The molecule has 1 N–H and O–H groups in total. The highest BCUT2D eigenvalue weighted by molar-refractivity contribution is 9.10. The van der Waals surface area contributed by atoms with Crippen LogP contribution in [0.4, 0.5) is 4.39 Å². The summed E-state index contributed by atoms with van der Waals surface area (Å²) in [6.07, 6.45) is 0. The maximum absolute atomic E-state index is 13.2. The molecule has 0 aliphatic rings. The molecule has 1 nitrogen and oxygen atoms in total. The normalized spacial score (nSPS) is 12.4. The van der Waals surface area contributed by atoms with E-state index in [9.17, 15) is 4.39 Å². The van der Waals surface area contributed by atoms with E-state index in [2.05, 4.69) is 59.4 Å². The molecule has 0 saturated heterocycles. The van der Waals surface area contributed by atoms with E-state index in [1.807, 2.05) is 0 Å². The van der Waals surface area contributed by atoms with Gasteiger partial charge in [-0.25, -0.2) is 4.39 Å². The summed E-state index contributed by atoms with van der Waals surface area (Å²) in [5.41, 5.74) is 3.42. The fourth-order valence-electron chi connectivity index (χ4n) is 2.00. The lowest BCUT2D eigenvalue weighted by Crippen LogP contribution is -2.18. The third-order valence-electron chi connectivity index (χ3n) is 3.15. The molecule has 2 aromatic rings. The maximum Gasteiger partial charge on any atom is 0.123 e. The Morgan fingerprint density at radius 3 is 2.74 bits per heavy atom. The molecule has 0 unspecified atom stereocenters. The van der Waals surface area contributed by atoms with Crippen LogP contribution in [0.5, 0.6) is 0 Å². The van der Waals surface area contributed by atoms with Crippen LogP contribution in [0.2, 0.25) is 0 Å². The number of hydrogen-bond donors (Lipinski definition) is 1. The van der Waals surface area contributed by atoms with Crippen molar-refractivity contribution in [1.29, 1.82) is 0 Å². The molecule has 0 aliphatic carbocycles. The molecule has 0 radical (unpaired) electrons. The van der Waals surface area contributed by atoms with Crippen LogP contribution in [0.15, 0.2) is 46.9 Å². The molecule has 1 atom stereocenters. The number of hydrogen-bond acceptors (Lipinski definition) is 1. The van der Waals surface area contributed by atoms with Crippen LogP contribution in [0.3, 0.4) is 0 Å². The number of nitrogens with one attached hydrogen (secondary N) is 1. The molecule has 0 aromatic heterocycles. The Kier molecular flexibility index (Phi) is 4.72. The van der Waals surface area contributed by atoms with Crippen molar-refractivity contribution in [2.75, 3.05) is 0 Å². The summed E-state index contributed by atoms with van der Waals surface area (Å²) in [6.45, 7) is 4.83. The van der Waals surface area contributed by atoms with Gasteiger partial charge in [0, 0.05) is 17.1 Å². The zero-order valence-corrected chi connectivity index (χ0v) is 12.7. The minimum Gasteiger partial charge on any atom is -0.306 e. The first kappa shape index (κ1) is 14.2. The smallest absolute Gasteiger partial charge is 0.123 e. The Morgan fingerprint density at radius 2 is 2.00 bits per heavy atom. The van der Waals surface area contributed by atoms with Gasteiger partial charge in [0.1, 0.15) is 5.82 Å². The Bertz CT molecular complexity index is 568. The van der Waals surface area contributed by atoms with E-state index < -0.39 is 0 Å². The van der Waals surface area contributed by atoms with Crippen LogP contribution in [0.25, 0.3) is 0 Å². The van der Waals surface area contributed by atoms with Crippen molar-refractivity contribution >= 4 is 15.9 Å². The Hall–Kier alpha value is -1.19. The van der Waals surface area contributed by atoms with Crippen molar-refractivity contribution in [3.63, 3.8) is 0 Å². The topological polar surface area (TPSA) is 12.0 Å². The van der Waals surface area contributed by atoms with Gasteiger partial charge in [0.05, 0.1) is 0 Å². The number of benzene rings is 2. The van der Waals surface area contributed by atoms with E-state index in [0.717, 1.165) is 10.0 Å². The van der Waals surface area contributed by atoms with E-state index in [0.29, 0.717) is 6.54 Å². The van der Waals surface area contributed by atoms with Gasteiger partial charge in [-0.3, -0.25) is 0 Å². The third kappa shape index (κ3) is 3.88. The summed E-state index contributed by atoms with van der Waals surface area (Å²) in [5.74, 6) is -0.205. The molecule has 0 bridgehead atoms. The minimum absolute atomic E-state index is 0.205. The van der Waals surface area contributed by atoms with Crippen LogP contribution < -0.4 is 5.32 Å². The molecule has 0 amide bonds. The van der Waals surface area contributed by atoms with E-state index in [1.165, 1.54) is 17.2 Å². The van der Waals surface area contributed by atoms with Crippen LogP contribution in [0, 0.1) is 12.7 Å². The molecule has 0 spiro atoms. The van der Waals surface area contributed by atoms with E-state index in [1.54, 1.807) is 12.1 Å². The van der Waals surface area contributed by atoms with E-state index >= 15 is 0 Å². The summed E-state index contributed by atoms with van der Waals surface area (Å²) in [4.78, 5) is 0. The van der Waals surface area contributed by atoms with Gasteiger partial charge in [-0.2, -0.15) is 0 Å². The zero-order valence-electron chi connectivity index (χ0n) is 11.1. The Labute approximate surface area is 122 Å². The lowest BCUT2D eigenvalue weighted by molar-refractivity contribution is 0.568. The van der Waals surface area contributed by atoms with Crippen molar-refractivity contribution in [2.24, 2.45) is 0 Å². The van der Waals surface area contributed by atoms with Crippen molar-refractivity contribution in [3.8, 4) is 0 Å². The molecular formula is C16H17BrFN. The fourth-order valence-corrected chi connectivity index (χ4v) is 2.39. The van der Waals surface area contributed by atoms with Gasteiger partial charge in [-0.05, 0) is 43.2 Å². The highest BCUT2D eigenvalue weighted by Crippen LogP contribution is 2.20. The SMILES string of the molecule is Cc1cccc([C@H](C)NCc2cc(F)ccc2Br)c1. The minimum atomic E-state index is -0.205. The standard InChI is InChI=1S/C16H17BrFN/c1-11-4-3-5-13(8-11)12(2)19-10-14-9-15(18)6-7-16(14)17/h3-9,12,19H,10H2,1-2H3/t12-/m0/s1. The molecule has 0 saturated carbocycles. The largest absolute Gasteiger partial charge is 0.306 e. The Morgan fingerprint density at radius 1 is 1.21 bits per heavy atom. The van der Waals surface area contributed by atoms with Gasteiger partial charge in [0.15, 0.2) is 0 Å². The summed E-state index contributed by atoms with van der Waals surface area (Å²) >= 11 is 3.44. The van der Waals surface area contributed by atoms with E-state index in [4.69, 9.17) is 0 Å². The van der Waals surface area contributed by atoms with Gasteiger partial charge in [0.2, 0.25) is 0 Å². The third-order valence-corrected chi connectivity index (χ3v) is 3.92. The zero-order chi connectivity index (χ0) is 13.8. The molecule has 19 heavy (non-hydrogen) atoms. The first-order valence-electron chi connectivity index (χ1n) is 6.30. The number of aryl methyl sites for hydroxylation is 1. The second-order valence-corrected chi connectivity index (χ2v) is 5.61. The lowest BCUT2D eigenvalue weighted by Gasteiger charge is -2.15. The van der Waals surface area contributed by atoms with Crippen LogP contribution in [-0.2, 0) is 6.54 Å². The van der Waals surface area contributed by atoms with Crippen LogP contribution in [-0.4, -0.2) is 0 Å². The monoisotopic (exact) mass is 321 g/mol. The van der Waals surface area contributed by atoms with Gasteiger partial charge >= 0.3 is 0 Å². The molecule has 100 valence electrons. The van der Waals surface area contributed by atoms with Crippen LogP contribution in [0.1, 0.15) is 29.7 Å². The lowest BCUT2D eigenvalue weighted by atomic mass is 10.1. The average Bonchev–Trinajstić information content (AvgIpc) is 2.39. The predicted octanol–water partition coefficient (Wildman–Crippen LogP) is 4.75. The van der Waals surface area contributed by atoms with Gasteiger partial charge in [0.25, 0.3) is 0 Å². The molecule has 0 fully saturated rings. The van der Waals surface area contributed by atoms with Crippen molar-refractivity contribution in [2.45, 2.75) is 26.4 Å². The first-order valence-corrected chi connectivity index (χ1v) is 7.09. The highest BCUT2D eigenvalue weighted by atomic mass is 79.9. The van der Waals surface area contributed by atoms with Crippen LogP contribution >= 0.6 is 15.9 Å². The fraction of sp³-hybridized carbons (Fsp3) is 0.250. The predicted molar refractivity (Wildman–Crippen MR) is 80.5 cm³/mol. The van der Waals surface area contributed by atoms with Gasteiger partial charge in [-0.1, -0.05) is 45.8 Å². The number of halogens is 2. The van der Waals surface area contributed by atoms with Crippen molar-refractivity contribution in [1.82, 2.24) is 5.32 Å². The molecule has 2 aromatic carbocycles. The average molecular weight is 322 g/mol. The highest BCUT2D eigenvalue weighted by Gasteiger charge is 2.07. The van der Waals surface area contributed by atoms with E-state index in [-0.39, 0.29) is 11.9 Å².